The van der Waals surface area contributed by atoms with Gasteiger partial charge < -0.3 is 9.47 Å². The van der Waals surface area contributed by atoms with E-state index in [2.05, 4.69) is 21.7 Å². The van der Waals surface area contributed by atoms with Crippen molar-refractivity contribution in [2.75, 3.05) is 6.54 Å². The van der Waals surface area contributed by atoms with E-state index in [9.17, 15) is 4.79 Å². The Morgan fingerprint density at radius 3 is 2.54 bits per heavy atom. The fourth-order valence-electron chi connectivity index (χ4n) is 3.11. The van der Waals surface area contributed by atoms with Gasteiger partial charge in [0.2, 0.25) is 0 Å². The largest absolute Gasteiger partial charge is 0.329 e. The first-order chi connectivity index (χ1) is 12.1. The van der Waals surface area contributed by atoms with Crippen LogP contribution in [0.25, 0.3) is 11.3 Å². The molecule has 0 bridgehead atoms. The van der Waals surface area contributed by atoms with Gasteiger partial charge in [0.25, 0.3) is 5.91 Å². The third-order valence-electron chi connectivity index (χ3n) is 4.38. The van der Waals surface area contributed by atoms with E-state index in [-0.39, 0.29) is 18.3 Å². The first kappa shape index (κ1) is 18.8. The van der Waals surface area contributed by atoms with E-state index in [1.165, 1.54) is 0 Å². The first-order valence-electron chi connectivity index (χ1n) is 7.97. The maximum atomic E-state index is 12.8. The number of rotatable bonds is 2. The van der Waals surface area contributed by atoms with Crippen LogP contribution in [0.1, 0.15) is 16.2 Å². The third kappa shape index (κ3) is 3.45. The average molecular weight is 409 g/mol. The van der Waals surface area contributed by atoms with Gasteiger partial charge in [-0.25, -0.2) is 4.98 Å². The van der Waals surface area contributed by atoms with E-state index < -0.39 is 0 Å². The maximum Gasteiger partial charge on any atom is 0.255 e. The molecule has 0 saturated carbocycles. The van der Waals surface area contributed by atoms with Crippen LogP contribution in [-0.4, -0.2) is 26.9 Å². The molecule has 2 heterocycles. The maximum absolute atomic E-state index is 12.8. The summed E-state index contributed by atoms with van der Waals surface area (Å²) in [6.45, 7) is 1.78. The summed E-state index contributed by atoms with van der Waals surface area (Å²) in [5.74, 6) is 0.778. The Hall–Kier alpha value is -2.01. The summed E-state index contributed by atoms with van der Waals surface area (Å²) in [5.41, 5.74) is 2.67. The lowest BCUT2D eigenvalue weighted by Crippen LogP contribution is -2.38. The van der Waals surface area contributed by atoms with Gasteiger partial charge in [-0.3, -0.25) is 4.79 Å². The van der Waals surface area contributed by atoms with Crippen LogP contribution in [-0.2, 0) is 13.1 Å². The molecule has 4 rings (SSSR count). The third-order valence-corrected chi connectivity index (χ3v) is 4.93. The molecule has 2 aromatic carbocycles. The number of hydrogen-bond donors (Lipinski definition) is 0. The zero-order valence-electron chi connectivity index (χ0n) is 13.7. The zero-order valence-corrected chi connectivity index (χ0v) is 16.1. The van der Waals surface area contributed by atoms with Crippen molar-refractivity contribution in [1.82, 2.24) is 14.5 Å². The van der Waals surface area contributed by atoms with Crippen molar-refractivity contribution < 1.29 is 4.79 Å². The molecule has 0 radical (unpaired) electrons. The molecular weight excluding hydrogens is 393 g/mol. The van der Waals surface area contributed by atoms with Gasteiger partial charge >= 0.3 is 0 Å². The van der Waals surface area contributed by atoms with Crippen LogP contribution in [0.2, 0.25) is 10.0 Å². The molecule has 0 saturated heterocycles. The van der Waals surface area contributed by atoms with Crippen molar-refractivity contribution in [3.8, 4) is 11.3 Å². The van der Waals surface area contributed by atoms with E-state index in [1.54, 1.807) is 23.1 Å². The normalized spacial score (nSPS) is 13.1. The molecule has 0 atom stereocenters. The molecule has 1 aliphatic rings. The fraction of sp³-hybridized carbons (Fsp3) is 0.158. The van der Waals surface area contributed by atoms with Crippen LogP contribution in [0.5, 0.6) is 0 Å². The van der Waals surface area contributed by atoms with Crippen LogP contribution >= 0.6 is 35.6 Å². The molecule has 4 nitrogen and oxygen atoms in total. The second-order valence-electron chi connectivity index (χ2n) is 5.93. The van der Waals surface area contributed by atoms with Gasteiger partial charge in [0.1, 0.15) is 5.82 Å². The lowest BCUT2D eigenvalue weighted by molar-refractivity contribution is 0.0708. The summed E-state index contributed by atoms with van der Waals surface area (Å²) in [6.07, 6.45) is 1.87. The SMILES string of the molecule is Cl.O=C(c1ccc(Cl)cc1Cl)N1CCn2c(-c3ccccc3)cnc2C1. The Bertz CT molecular complexity index is 940. The number of amides is 1. The molecule has 7 heteroatoms. The first-order valence-corrected chi connectivity index (χ1v) is 8.73. The Morgan fingerprint density at radius 1 is 1.04 bits per heavy atom. The van der Waals surface area contributed by atoms with Gasteiger partial charge in [0, 0.05) is 18.1 Å². The minimum Gasteiger partial charge on any atom is -0.329 e. The van der Waals surface area contributed by atoms with Crippen LogP contribution in [0.4, 0.5) is 0 Å². The summed E-state index contributed by atoms with van der Waals surface area (Å²) in [4.78, 5) is 19.1. The molecule has 0 spiro atoms. The molecule has 134 valence electrons. The number of carbonyl (C=O) groups is 1. The Balaban J connectivity index is 0.00000196. The predicted octanol–water partition coefficient (Wildman–Crippen LogP) is 4.93. The van der Waals surface area contributed by atoms with E-state index >= 15 is 0 Å². The van der Waals surface area contributed by atoms with Gasteiger partial charge in [-0.05, 0) is 23.8 Å². The smallest absolute Gasteiger partial charge is 0.255 e. The van der Waals surface area contributed by atoms with Gasteiger partial charge in [0.05, 0.1) is 29.0 Å². The van der Waals surface area contributed by atoms with Gasteiger partial charge in [-0.15, -0.1) is 12.4 Å². The number of halogens is 3. The summed E-state index contributed by atoms with van der Waals surface area (Å²) in [7, 11) is 0. The van der Waals surface area contributed by atoms with Crippen LogP contribution in [0, 0.1) is 0 Å². The molecule has 1 aromatic heterocycles. The highest BCUT2D eigenvalue weighted by molar-refractivity contribution is 6.36. The van der Waals surface area contributed by atoms with E-state index in [0.717, 1.165) is 17.1 Å². The van der Waals surface area contributed by atoms with Crippen molar-refractivity contribution >= 4 is 41.5 Å². The molecule has 3 aromatic rings. The zero-order chi connectivity index (χ0) is 17.4. The molecular formula is C19H16Cl3N3O. The molecule has 0 aliphatic carbocycles. The summed E-state index contributed by atoms with van der Waals surface area (Å²) >= 11 is 12.1. The second-order valence-corrected chi connectivity index (χ2v) is 6.77. The fourth-order valence-corrected chi connectivity index (χ4v) is 3.60. The molecule has 0 fully saturated rings. The molecule has 26 heavy (non-hydrogen) atoms. The standard InChI is InChI=1S/C19H15Cl2N3O.ClH/c20-14-6-7-15(16(21)10-14)19(25)23-8-9-24-17(11-22-18(24)12-23)13-4-2-1-3-5-13;/h1-7,10-11H,8-9,12H2;1H. The highest BCUT2D eigenvalue weighted by atomic mass is 35.5. The number of hydrogen-bond acceptors (Lipinski definition) is 2. The number of benzene rings is 2. The Labute approximate surface area is 167 Å². The number of nitrogens with zero attached hydrogens (tertiary/aromatic N) is 3. The van der Waals surface area contributed by atoms with Crippen molar-refractivity contribution in [2.45, 2.75) is 13.1 Å². The number of imidazole rings is 1. The Morgan fingerprint density at radius 2 is 1.81 bits per heavy atom. The molecule has 0 unspecified atom stereocenters. The quantitative estimate of drug-likeness (QED) is 0.603. The monoisotopic (exact) mass is 407 g/mol. The highest BCUT2D eigenvalue weighted by Gasteiger charge is 2.25. The van der Waals surface area contributed by atoms with Crippen molar-refractivity contribution in [2.24, 2.45) is 0 Å². The van der Waals surface area contributed by atoms with E-state index in [1.807, 2.05) is 24.4 Å². The minimum absolute atomic E-state index is 0. The van der Waals surface area contributed by atoms with Crippen LogP contribution in [0.3, 0.4) is 0 Å². The number of fused-ring (bicyclic) bond motifs is 1. The van der Waals surface area contributed by atoms with Crippen molar-refractivity contribution in [3.63, 3.8) is 0 Å². The lowest BCUT2D eigenvalue weighted by atomic mass is 10.1. The van der Waals surface area contributed by atoms with Crippen LogP contribution in [0.15, 0.2) is 54.7 Å². The number of carbonyl (C=O) groups excluding carboxylic acids is 1. The van der Waals surface area contributed by atoms with Crippen molar-refractivity contribution in [3.05, 3.63) is 76.2 Å². The molecule has 0 N–H and O–H groups in total. The summed E-state index contributed by atoms with van der Waals surface area (Å²) in [6, 6.07) is 15.1. The summed E-state index contributed by atoms with van der Waals surface area (Å²) < 4.78 is 2.17. The summed E-state index contributed by atoms with van der Waals surface area (Å²) in [5, 5.41) is 0.889. The van der Waals surface area contributed by atoms with Gasteiger partial charge in [-0.2, -0.15) is 0 Å². The second kappa shape index (κ2) is 7.70. The van der Waals surface area contributed by atoms with E-state index in [0.29, 0.717) is 35.2 Å². The van der Waals surface area contributed by atoms with Crippen molar-refractivity contribution in [1.29, 1.82) is 0 Å². The molecule has 1 aliphatic heterocycles. The van der Waals surface area contributed by atoms with Gasteiger partial charge in [0.15, 0.2) is 0 Å². The van der Waals surface area contributed by atoms with Gasteiger partial charge in [-0.1, -0.05) is 53.5 Å². The molecule has 1 amide bonds. The number of aromatic nitrogens is 2. The van der Waals surface area contributed by atoms with Crippen LogP contribution < -0.4 is 0 Å². The lowest BCUT2D eigenvalue weighted by Gasteiger charge is -2.29. The highest BCUT2D eigenvalue weighted by Crippen LogP contribution is 2.26. The Kier molecular flexibility index (Phi) is 5.56. The van der Waals surface area contributed by atoms with E-state index in [4.69, 9.17) is 23.2 Å². The topological polar surface area (TPSA) is 38.1 Å². The average Bonchev–Trinajstić information content (AvgIpc) is 3.05. The minimum atomic E-state index is -0.0998. The predicted molar refractivity (Wildman–Crippen MR) is 106 cm³/mol.